The second-order valence-corrected chi connectivity index (χ2v) is 6.44. The molecular weight excluding hydrogens is 382 g/mol. The van der Waals surface area contributed by atoms with Crippen LogP contribution in [-0.4, -0.2) is 0 Å². The Morgan fingerprint density at radius 1 is 1.05 bits per heavy atom. The van der Waals surface area contributed by atoms with Crippen LogP contribution >= 0.6 is 50.7 Å². The first-order valence-corrected chi connectivity index (χ1v) is 7.79. The number of nitrogens with two attached hydrogens (primary N) is 1. The van der Waals surface area contributed by atoms with Crippen LogP contribution in [0.25, 0.3) is 0 Å². The number of halogens is 4. The zero-order valence-electron chi connectivity index (χ0n) is 10.3. The lowest BCUT2D eigenvalue weighted by Gasteiger charge is -2.18. The van der Waals surface area contributed by atoms with E-state index < -0.39 is 0 Å². The van der Waals surface area contributed by atoms with Crippen LogP contribution in [0.2, 0.25) is 15.1 Å². The first-order valence-electron chi connectivity index (χ1n) is 5.86. The summed E-state index contributed by atoms with van der Waals surface area (Å²) in [6.07, 6.45) is 0.673. The third-order valence-electron chi connectivity index (χ3n) is 2.96. The monoisotopic (exact) mass is 392 g/mol. The maximum absolute atomic E-state index is 6.04. The molecule has 0 radical (unpaired) electrons. The highest BCUT2D eigenvalue weighted by molar-refractivity contribution is 9.10. The summed E-state index contributed by atoms with van der Waals surface area (Å²) in [4.78, 5) is 0. The summed E-state index contributed by atoms with van der Waals surface area (Å²) in [5.74, 6) is 5.67. The first-order chi connectivity index (χ1) is 9.51. The summed E-state index contributed by atoms with van der Waals surface area (Å²) in [5, 5.41) is 1.74. The van der Waals surface area contributed by atoms with Crippen molar-refractivity contribution in [3.05, 3.63) is 67.1 Å². The van der Waals surface area contributed by atoms with E-state index >= 15 is 0 Å². The van der Waals surface area contributed by atoms with Crippen LogP contribution in [0.3, 0.4) is 0 Å². The molecule has 0 fully saturated rings. The van der Waals surface area contributed by atoms with Gasteiger partial charge in [-0.2, -0.15) is 0 Å². The SMILES string of the molecule is NNC(Cc1ccc(Cl)c(Cl)c1)c1cc(Cl)ccc1Br. The van der Waals surface area contributed by atoms with Crippen molar-refractivity contribution in [2.45, 2.75) is 12.5 Å². The van der Waals surface area contributed by atoms with Gasteiger partial charge in [0.2, 0.25) is 0 Å². The lowest BCUT2D eigenvalue weighted by atomic mass is 9.99. The molecule has 2 aromatic rings. The Morgan fingerprint density at radius 3 is 2.45 bits per heavy atom. The molecule has 2 nitrogen and oxygen atoms in total. The van der Waals surface area contributed by atoms with Crippen molar-refractivity contribution in [3.63, 3.8) is 0 Å². The quantitative estimate of drug-likeness (QED) is 0.555. The summed E-state index contributed by atoms with van der Waals surface area (Å²) < 4.78 is 0.949. The smallest absolute Gasteiger partial charge is 0.0595 e. The van der Waals surface area contributed by atoms with Crippen LogP contribution in [0.4, 0.5) is 0 Å². The number of rotatable bonds is 4. The predicted octanol–water partition coefficient (Wildman–Crippen LogP) is 5.16. The van der Waals surface area contributed by atoms with Crippen LogP contribution in [0.5, 0.6) is 0 Å². The van der Waals surface area contributed by atoms with E-state index in [0.717, 1.165) is 15.6 Å². The van der Waals surface area contributed by atoms with Crippen LogP contribution in [0.15, 0.2) is 40.9 Å². The van der Waals surface area contributed by atoms with Gasteiger partial charge in [0.25, 0.3) is 0 Å². The molecule has 0 bridgehead atoms. The van der Waals surface area contributed by atoms with Crippen molar-refractivity contribution < 1.29 is 0 Å². The molecule has 2 rings (SSSR count). The van der Waals surface area contributed by atoms with E-state index in [4.69, 9.17) is 40.6 Å². The van der Waals surface area contributed by atoms with E-state index in [0.29, 0.717) is 21.5 Å². The normalized spacial score (nSPS) is 12.4. The average Bonchev–Trinajstić information content (AvgIpc) is 2.43. The van der Waals surface area contributed by atoms with Gasteiger partial charge in [-0.05, 0) is 47.9 Å². The highest BCUT2D eigenvalue weighted by Crippen LogP contribution is 2.30. The summed E-state index contributed by atoms with van der Waals surface area (Å²) in [7, 11) is 0. The van der Waals surface area contributed by atoms with E-state index in [1.54, 1.807) is 6.07 Å². The summed E-state index contributed by atoms with van der Waals surface area (Å²) in [6.45, 7) is 0. The number of hydrogen-bond acceptors (Lipinski definition) is 2. The van der Waals surface area contributed by atoms with Gasteiger partial charge in [0.1, 0.15) is 0 Å². The van der Waals surface area contributed by atoms with Gasteiger partial charge in [0, 0.05) is 9.50 Å². The van der Waals surface area contributed by atoms with Crippen LogP contribution in [-0.2, 0) is 6.42 Å². The number of hydrogen-bond donors (Lipinski definition) is 2. The van der Waals surface area contributed by atoms with Crippen molar-refractivity contribution in [2.24, 2.45) is 5.84 Å². The van der Waals surface area contributed by atoms with Gasteiger partial charge < -0.3 is 0 Å². The van der Waals surface area contributed by atoms with Gasteiger partial charge in [0.05, 0.1) is 16.1 Å². The van der Waals surface area contributed by atoms with E-state index in [-0.39, 0.29) is 6.04 Å². The van der Waals surface area contributed by atoms with E-state index in [1.807, 2.05) is 30.3 Å². The van der Waals surface area contributed by atoms with Gasteiger partial charge in [-0.15, -0.1) is 0 Å². The minimum Gasteiger partial charge on any atom is -0.271 e. The molecule has 20 heavy (non-hydrogen) atoms. The Hall–Kier alpha value is -0.290. The van der Waals surface area contributed by atoms with Gasteiger partial charge in [0.15, 0.2) is 0 Å². The van der Waals surface area contributed by atoms with Gasteiger partial charge in [-0.3, -0.25) is 11.3 Å². The Bertz CT molecular complexity index is 619. The van der Waals surface area contributed by atoms with Gasteiger partial charge >= 0.3 is 0 Å². The predicted molar refractivity (Wildman–Crippen MR) is 89.4 cm³/mol. The van der Waals surface area contributed by atoms with E-state index in [9.17, 15) is 0 Å². The van der Waals surface area contributed by atoms with Crippen molar-refractivity contribution >= 4 is 50.7 Å². The fourth-order valence-corrected chi connectivity index (χ4v) is 2.97. The molecular formula is C14H12BrCl3N2. The molecule has 6 heteroatoms. The molecule has 0 aliphatic rings. The topological polar surface area (TPSA) is 38.0 Å². The molecule has 106 valence electrons. The van der Waals surface area contributed by atoms with Crippen molar-refractivity contribution in [1.82, 2.24) is 5.43 Å². The highest BCUT2D eigenvalue weighted by Gasteiger charge is 2.15. The maximum atomic E-state index is 6.04. The molecule has 1 unspecified atom stereocenters. The summed E-state index contributed by atoms with van der Waals surface area (Å²) in [6, 6.07) is 11.1. The molecule has 1 atom stereocenters. The second kappa shape index (κ2) is 7.12. The fraction of sp³-hybridized carbons (Fsp3) is 0.143. The first kappa shape index (κ1) is 16.1. The van der Waals surface area contributed by atoms with Gasteiger partial charge in [-0.25, -0.2) is 0 Å². The minimum atomic E-state index is -0.0830. The van der Waals surface area contributed by atoms with Crippen molar-refractivity contribution in [3.8, 4) is 0 Å². The third kappa shape index (κ3) is 3.88. The third-order valence-corrected chi connectivity index (χ3v) is 4.65. The molecule has 0 spiro atoms. The molecule has 0 aliphatic carbocycles. The Morgan fingerprint density at radius 2 is 1.80 bits per heavy atom. The number of hydrazine groups is 1. The van der Waals surface area contributed by atoms with E-state index in [2.05, 4.69) is 21.4 Å². The van der Waals surface area contributed by atoms with Crippen molar-refractivity contribution in [2.75, 3.05) is 0 Å². The standard InChI is InChI=1S/C14H12BrCl3N2/c15-11-3-2-9(16)7-10(11)14(20-19)6-8-1-4-12(17)13(18)5-8/h1-5,7,14,20H,6,19H2. The van der Waals surface area contributed by atoms with Crippen LogP contribution in [0.1, 0.15) is 17.2 Å². The van der Waals surface area contributed by atoms with Crippen molar-refractivity contribution in [1.29, 1.82) is 0 Å². The largest absolute Gasteiger partial charge is 0.271 e. The van der Waals surface area contributed by atoms with Crippen LogP contribution in [0, 0.1) is 0 Å². The lowest BCUT2D eigenvalue weighted by molar-refractivity contribution is 0.550. The zero-order chi connectivity index (χ0) is 14.7. The second-order valence-electron chi connectivity index (χ2n) is 4.34. The number of nitrogens with one attached hydrogen (secondary N) is 1. The molecule has 0 aliphatic heterocycles. The molecule has 0 saturated heterocycles. The zero-order valence-corrected chi connectivity index (χ0v) is 14.2. The molecule has 0 aromatic heterocycles. The Kier molecular flexibility index (Phi) is 5.73. The summed E-state index contributed by atoms with van der Waals surface area (Å²) in [5.41, 5.74) is 4.83. The highest BCUT2D eigenvalue weighted by atomic mass is 79.9. The van der Waals surface area contributed by atoms with Crippen LogP contribution < -0.4 is 11.3 Å². The Balaban J connectivity index is 2.28. The minimum absolute atomic E-state index is 0.0830. The maximum Gasteiger partial charge on any atom is 0.0595 e. The average molecular weight is 395 g/mol. The molecule has 3 N–H and O–H groups in total. The Labute approximate surface area is 141 Å². The molecule has 2 aromatic carbocycles. The molecule has 0 amide bonds. The van der Waals surface area contributed by atoms with E-state index in [1.165, 1.54) is 0 Å². The lowest BCUT2D eigenvalue weighted by Crippen LogP contribution is -2.29. The fourth-order valence-electron chi connectivity index (χ4n) is 1.94. The molecule has 0 heterocycles. The summed E-state index contributed by atoms with van der Waals surface area (Å²) >= 11 is 21.5. The molecule has 0 saturated carbocycles. The van der Waals surface area contributed by atoms with Gasteiger partial charge in [-0.1, -0.05) is 56.8 Å². The number of benzene rings is 2.